The Bertz CT molecular complexity index is 1670. The van der Waals surface area contributed by atoms with Crippen molar-refractivity contribution in [3.05, 3.63) is 70.1 Å². The van der Waals surface area contributed by atoms with Gasteiger partial charge in [0, 0.05) is 26.7 Å². The lowest BCUT2D eigenvalue weighted by atomic mass is 10.1. The fourth-order valence-corrected chi connectivity index (χ4v) is 6.64. The summed E-state index contributed by atoms with van der Waals surface area (Å²) in [5.74, 6) is 0.708. The van der Waals surface area contributed by atoms with Crippen molar-refractivity contribution in [1.29, 1.82) is 0 Å². The molecule has 0 saturated carbocycles. The Morgan fingerprint density at radius 3 is 2.40 bits per heavy atom. The van der Waals surface area contributed by atoms with Gasteiger partial charge < -0.3 is 14.6 Å². The van der Waals surface area contributed by atoms with Crippen LogP contribution in [0.25, 0.3) is 22.4 Å². The lowest BCUT2D eigenvalue weighted by Crippen LogP contribution is -2.38. The SMILES string of the molecule is CCCOc1ccc(S(=O)(=O)N(CCN(CC)CCC)Cc2ccccc2)cc1-c1nc2c(CCC)nn(C)c2c(=O)[nH]1. The number of H-pyrrole nitrogens is 1. The first-order valence-corrected chi connectivity index (χ1v) is 16.7. The van der Waals surface area contributed by atoms with Crippen LogP contribution in [0.2, 0.25) is 0 Å². The average molecular weight is 609 g/mol. The number of nitrogens with zero attached hydrogens (tertiary/aromatic N) is 5. The summed E-state index contributed by atoms with van der Waals surface area (Å²) in [6.07, 6.45) is 3.28. The summed E-state index contributed by atoms with van der Waals surface area (Å²) in [7, 11) is -2.21. The molecule has 2 aromatic carbocycles. The number of ether oxygens (including phenoxy) is 1. The predicted molar refractivity (Wildman–Crippen MR) is 171 cm³/mol. The van der Waals surface area contributed by atoms with E-state index in [-0.39, 0.29) is 22.8 Å². The molecule has 0 atom stereocenters. The molecule has 2 aromatic heterocycles. The first-order valence-electron chi connectivity index (χ1n) is 15.2. The first-order chi connectivity index (χ1) is 20.7. The number of likely N-dealkylation sites (N-methyl/N-ethyl adjacent to an activating group) is 1. The lowest BCUT2D eigenvalue weighted by Gasteiger charge is -2.27. The van der Waals surface area contributed by atoms with Crippen LogP contribution in [0.3, 0.4) is 0 Å². The zero-order valence-electron chi connectivity index (χ0n) is 26.0. The number of aromatic amines is 1. The highest BCUT2D eigenvalue weighted by atomic mass is 32.2. The highest BCUT2D eigenvalue weighted by Gasteiger charge is 2.27. The largest absolute Gasteiger partial charge is 0.493 e. The maximum Gasteiger partial charge on any atom is 0.277 e. The van der Waals surface area contributed by atoms with E-state index in [1.54, 1.807) is 29.9 Å². The van der Waals surface area contributed by atoms with Gasteiger partial charge in [-0.1, -0.05) is 64.4 Å². The standard InChI is InChI=1S/C32H44N6O4S/c1-6-13-27-29-30(36(5)35-27)32(39)34-31(33-29)26-22-25(16-17-28(26)42-21-8-3)43(40,41)38(20-19-37(9-4)18-7-2)23-24-14-11-10-12-15-24/h10-12,14-17,22H,6-9,13,18-21,23H2,1-5H3,(H,33,34,39). The van der Waals surface area contributed by atoms with E-state index in [0.29, 0.717) is 48.5 Å². The average Bonchev–Trinajstić information content (AvgIpc) is 3.32. The van der Waals surface area contributed by atoms with Gasteiger partial charge in [-0.05, 0) is 56.1 Å². The highest BCUT2D eigenvalue weighted by molar-refractivity contribution is 7.89. The fourth-order valence-electron chi connectivity index (χ4n) is 5.19. The lowest BCUT2D eigenvalue weighted by molar-refractivity contribution is 0.258. The van der Waals surface area contributed by atoms with Crippen LogP contribution in [-0.4, -0.2) is 70.2 Å². The van der Waals surface area contributed by atoms with E-state index in [9.17, 15) is 13.2 Å². The molecule has 11 heteroatoms. The third kappa shape index (κ3) is 7.52. The smallest absolute Gasteiger partial charge is 0.277 e. The molecule has 43 heavy (non-hydrogen) atoms. The molecule has 0 spiro atoms. The van der Waals surface area contributed by atoms with Gasteiger partial charge in [-0.25, -0.2) is 13.4 Å². The maximum atomic E-state index is 14.3. The van der Waals surface area contributed by atoms with E-state index >= 15 is 0 Å². The molecule has 0 unspecified atom stereocenters. The quantitative estimate of drug-likeness (QED) is 0.191. The number of sulfonamides is 1. The van der Waals surface area contributed by atoms with Crippen LogP contribution < -0.4 is 10.3 Å². The minimum atomic E-state index is -3.94. The summed E-state index contributed by atoms with van der Waals surface area (Å²) in [5, 5.41) is 4.52. The van der Waals surface area contributed by atoms with E-state index < -0.39 is 10.0 Å². The van der Waals surface area contributed by atoms with E-state index in [1.807, 2.05) is 44.2 Å². The van der Waals surface area contributed by atoms with Crippen molar-refractivity contribution >= 4 is 21.1 Å². The van der Waals surface area contributed by atoms with Crippen molar-refractivity contribution in [1.82, 2.24) is 29.0 Å². The number of hydrogen-bond donors (Lipinski definition) is 1. The molecule has 232 valence electrons. The van der Waals surface area contributed by atoms with Gasteiger partial charge in [0.15, 0.2) is 5.52 Å². The number of fused-ring (bicyclic) bond motifs is 1. The second-order valence-corrected chi connectivity index (χ2v) is 12.6. The molecule has 0 radical (unpaired) electrons. The molecule has 4 aromatic rings. The van der Waals surface area contributed by atoms with E-state index in [4.69, 9.17) is 9.72 Å². The van der Waals surface area contributed by atoms with E-state index in [1.165, 1.54) is 4.31 Å². The molecule has 2 heterocycles. The van der Waals surface area contributed by atoms with Crippen LogP contribution in [-0.2, 0) is 30.0 Å². The third-order valence-corrected chi connectivity index (χ3v) is 9.25. The molecule has 4 rings (SSSR count). The number of benzene rings is 2. The molecule has 0 aliphatic carbocycles. The van der Waals surface area contributed by atoms with Crippen LogP contribution in [0.5, 0.6) is 5.75 Å². The van der Waals surface area contributed by atoms with Gasteiger partial charge in [0.05, 0.1) is 22.8 Å². The molecule has 0 amide bonds. The number of hydrogen-bond acceptors (Lipinski definition) is 7. The van der Waals surface area contributed by atoms with Crippen LogP contribution in [0.15, 0.2) is 58.2 Å². The molecule has 10 nitrogen and oxygen atoms in total. The van der Waals surface area contributed by atoms with Crippen molar-refractivity contribution < 1.29 is 13.2 Å². The number of rotatable bonds is 16. The Morgan fingerprint density at radius 2 is 1.72 bits per heavy atom. The maximum absolute atomic E-state index is 14.3. The Morgan fingerprint density at radius 1 is 0.953 bits per heavy atom. The van der Waals surface area contributed by atoms with Crippen molar-refractivity contribution in [2.45, 2.75) is 64.8 Å². The summed E-state index contributed by atoms with van der Waals surface area (Å²) < 4.78 is 37.7. The van der Waals surface area contributed by atoms with Gasteiger partial charge in [-0.2, -0.15) is 9.40 Å². The second-order valence-electron chi connectivity index (χ2n) is 10.7. The highest BCUT2D eigenvalue weighted by Crippen LogP contribution is 2.32. The monoisotopic (exact) mass is 608 g/mol. The van der Waals surface area contributed by atoms with Crippen LogP contribution in [0.1, 0.15) is 58.2 Å². The van der Waals surface area contributed by atoms with Crippen molar-refractivity contribution in [2.75, 3.05) is 32.8 Å². The predicted octanol–water partition coefficient (Wildman–Crippen LogP) is 4.99. The number of aromatic nitrogens is 4. The molecule has 0 bridgehead atoms. The summed E-state index contributed by atoms with van der Waals surface area (Å²) in [4.78, 5) is 23.3. The Balaban J connectivity index is 1.82. The van der Waals surface area contributed by atoms with Crippen LogP contribution >= 0.6 is 0 Å². The van der Waals surface area contributed by atoms with Crippen molar-refractivity contribution in [2.24, 2.45) is 7.05 Å². The molecule has 1 N–H and O–H groups in total. The number of nitrogens with one attached hydrogen (secondary N) is 1. The summed E-state index contributed by atoms with van der Waals surface area (Å²) in [5.41, 5.74) is 2.61. The molecular formula is C32H44N6O4S. The fraction of sp³-hybridized carbons (Fsp3) is 0.469. The summed E-state index contributed by atoms with van der Waals surface area (Å²) in [6.45, 7) is 11.6. The van der Waals surface area contributed by atoms with Crippen LogP contribution in [0.4, 0.5) is 0 Å². The zero-order chi connectivity index (χ0) is 31.0. The van der Waals surface area contributed by atoms with Gasteiger partial charge in [-0.15, -0.1) is 0 Å². The molecule has 0 fully saturated rings. The summed E-state index contributed by atoms with van der Waals surface area (Å²) >= 11 is 0. The van der Waals surface area contributed by atoms with Crippen molar-refractivity contribution in [3.63, 3.8) is 0 Å². The molecule has 0 saturated heterocycles. The molecular weight excluding hydrogens is 564 g/mol. The molecule has 0 aliphatic rings. The third-order valence-electron chi connectivity index (χ3n) is 7.41. The Kier molecular flexibility index (Phi) is 11.1. The van der Waals surface area contributed by atoms with Crippen LogP contribution in [0, 0.1) is 0 Å². The Labute approximate surface area is 254 Å². The van der Waals surface area contributed by atoms with Crippen molar-refractivity contribution in [3.8, 4) is 17.1 Å². The topological polar surface area (TPSA) is 113 Å². The van der Waals surface area contributed by atoms with Gasteiger partial charge >= 0.3 is 0 Å². The Hall–Kier alpha value is -3.54. The summed E-state index contributed by atoms with van der Waals surface area (Å²) in [6, 6.07) is 14.4. The zero-order valence-corrected chi connectivity index (χ0v) is 26.8. The number of aryl methyl sites for hydroxylation is 2. The normalized spacial score (nSPS) is 12.1. The minimum absolute atomic E-state index is 0.114. The second kappa shape index (κ2) is 14.8. The molecule has 0 aliphatic heterocycles. The van der Waals surface area contributed by atoms with E-state index in [2.05, 4.69) is 28.8 Å². The minimum Gasteiger partial charge on any atom is -0.493 e. The first kappa shape index (κ1) is 32.4. The van der Waals surface area contributed by atoms with E-state index in [0.717, 1.165) is 43.6 Å². The van der Waals surface area contributed by atoms with Gasteiger partial charge in [0.1, 0.15) is 17.1 Å². The van der Waals surface area contributed by atoms with Gasteiger partial charge in [-0.3, -0.25) is 9.48 Å². The van der Waals surface area contributed by atoms with Gasteiger partial charge in [0.25, 0.3) is 5.56 Å². The van der Waals surface area contributed by atoms with Gasteiger partial charge in [0.2, 0.25) is 10.0 Å².